The molecule has 1 aromatic carbocycles. The molecule has 0 aliphatic heterocycles. The van der Waals surface area contributed by atoms with Crippen LogP contribution in [0, 0.1) is 0 Å². The molecule has 0 unspecified atom stereocenters. The first-order valence-electron chi connectivity index (χ1n) is 7.12. The Morgan fingerprint density at radius 1 is 1.35 bits per heavy atom. The minimum Gasteiger partial charge on any atom is -0.479 e. The van der Waals surface area contributed by atoms with Crippen molar-refractivity contribution in [2.24, 2.45) is 0 Å². The van der Waals surface area contributed by atoms with Crippen molar-refractivity contribution in [1.29, 1.82) is 0 Å². The highest BCUT2D eigenvalue weighted by molar-refractivity contribution is 9.10. The van der Waals surface area contributed by atoms with Gasteiger partial charge in [0.25, 0.3) is 0 Å². The van der Waals surface area contributed by atoms with Gasteiger partial charge >= 0.3 is 5.97 Å². The monoisotopic (exact) mass is 379 g/mol. The molecule has 0 aliphatic rings. The second-order valence-electron chi connectivity index (χ2n) is 5.68. The van der Waals surface area contributed by atoms with Gasteiger partial charge in [-0.15, -0.1) is 0 Å². The predicted molar refractivity (Wildman–Crippen MR) is 90.3 cm³/mol. The molecular formula is C16H18BrN3O3. The number of halogens is 1. The van der Waals surface area contributed by atoms with E-state index in [-0.39, 0.29) is 5.91 Å². The molecule has 23 heavy (non-hydrogen) atoms. The van der Waals surface area contributed by atoms with E-state index < -0.39 is 11.5 Å². The molecule has 2 N–H and O–H groups in total. The summed E-state index contributed by atoms with van der Waals surface area (Å²) in [7, 11) is 0. The third-order valence-corrected chi connectivity index (χ3v) is 4.32. The van der Waals surface area contributed by atoms with Gasteiger partial charge < -0.3 is 10.4 Å². The van der Waals surface area contributed by atoms with Crippen LogP contribution in [0.4, 0.5) is 5.69 Å². The predicted octanol–water partition coefficient (Wildman–Crippen LogP) is 3.04. The number of aliphatic carboxylic acids is 1. The Morgan fingerprint density at radius 3 is 2.70 bits per heavy atom. The topological polar surface area (TPSA) is 84.2 Å². The first kappa shape index (κ1) is 17.2. The lowest BCUT2D eigenvalue weighted by molar-refractivity contribution is -0.146. The Morgan fingerprint density at radius 2 is 2.04 bits per heavy atom. The third-order valence-electron chi connectivity index (χ3n) is 3.54. The van der Waals surface area contributed by atoms with Gasteiger partial charge in [-0.25, -0.2) is 4.79 Å². The van der Waals surface area contributed by atoms with E-state index in [1.165, 1.54) is 17.1 Å². The average molecular weight is 380 g/mol. The molecule has 1 aromatic heterocycles. The van der Waals surface area contributed by atoms with Crippen LogP contribution in [-0.2, 0) is 21.5 Å². The van der Waals surface area contributed by atoms with E-state index >= 15 is 0 Å². The van der Waals surface area contributed by atoms with E-state index in [1.807, 2.05) is 24.3 Å². The molecule has 0 bridgehead atoms. The maximum absolute atomic E-state index is 12.0. The largest absolute Gasteiger partial charge is 0.479 e. The van der Waals surface area contributed by atoms with Gasteiger partial charge in [0.05, 0.1) is 11.9 Å². The van der Waals surface area contributed by atoms with Crippen LogP contribution in [0.3, 0.4) is 0 Å². The van der Waals surface area contributed by atoms with Crippen molar-refractivity contribution in [2.75, 3.05) is 5.32 Å². The summed E-state index contributed by atoms with van der Waals surface area (Å²) in [4.78, 5) is 23.2. The SMILES string of the molecule is CC(C)(C(=O)O)n1cc(NC(=O)CCc2ccccc2Br)cn1. The van der Waals surface area contributed by atoms with Crippen molar-refractivity contribution >= 4 is 33.5 Å². The number of carbonyl (C=O) groups excluding carboxylic acids is 1. The van der Waals surface area contributed by atoms with Crippen LogP contribution in [0.25, 0.3) is 0 Å². The summed E-state index contributed by atoms with van der Waals surface area (Å²) in [6.07, 6.45) is 3.91. The number of carbonyl (C=O) groups is 2. The molecule has 6 nitrogen and oxygen atoms in total. The van der Waals surface area contributed by atoms with Gasteiger partial charge in [0, 0.05) is 17.1 Å². The Labute approximate surface area is 142 Å². The van der Waals surface area contributed by atoms with Crippen LogP contribution < -0.4 is 5.32 Å². The summed E-state index contributed by atoms with van der Waals surface area (Å²) in [5.41, 5.74) is 0.375. The van der Waals surface area contributed by atoms with E-state index in [9.17, 15) is 9.59 Å². The maximum atomic E-state index is 12.0. The quantitative estimate of drug-likeness (QED) is 0.807. The Kier molecular flexibility index (Phi) is 5.20. The average Bonchev–Trinajstić information content (AvgIpc) is 2.95. The molecule has 1 amide bonds. The summed E-state index contributed by atoms with van der Waals surface area (Å²) in [6, 6.07) is 7.75. The fraction of sp³-hybridized carbons (Fsp3) is 0.312. The smallest absolute Gasteiger partial charge is 0.331 e. The molecule has 2 rings (SSSR count). The number of nitrogens with one attached hydrogen (secondary N) is 1. The number of hydrogen-bond acceptors (Lipinski definition) is 3. The van der Waals surface area contributed by atoms with E-state index in [0.717, 1.165) is 10.0 Å². The van der Waals surface area contributed by atoms with Crippen LogP contribution in [0.2, 0.25) is 0 Å². The van der Waals surface area contributed by atoms with Gasteiger partial charge in [0.1, 0.15) is 0 Å². The number of rotatable bonds is 6. The van der Waals surface area contributed by atoms with E-state index in [0.29, 0.717) is 18.5 Å². The van der Waals surface area contributed by atoms with Crippen molar-refractivity contribution in [3.8, 4) is 0 Å². The van der Waals surface area contributed by atoms with Gasteiger partial charge in [0.15, 0.2) is 5.54 Å². The fourth-order valence-corrected chi connectivity index (χ4v) is 2.45. The number of aryl methyl sites for hydroxylation is 1. The number of benzene rings is 1. The van der Waals surface area contributed by atoms with Crippen LogP contribution in [0.15, 0.2) is 41.1 Å². The molecule has 2 aromatic rings. The highest BCUT2D eigenvalue weighted by Gasteiger charge is 2.30. The van der Waals surface area contributed by atoms with Crippen molar-refractivity contribution in [3.05, 3.63) is 46.7 Å². The lowest BCUT2D eigenvalue weighted by atomic mass is 10.1. The van der Waals surface area contributed by atoms with Crippen molar-refractivity contribution in [3.63, 3.8) is 0 Å². The highest BCUT2D eigenvalue weighted by Crippen LogP contribution is 2.19. The van der Waals surface area contributed by atoms with Gasteiger partial charge in [-0.1, -0.05) is 34.1 Å². The molecule has 0 saturated heterocycles. The zero-order chi connectivity index (χ0) is 17.0. The standard InChI is InChI=1S/C16H18BrN3O3/c1-16(2,15(22)23)20-10-12(9-18-20)19-14(21)8-7-11-5-3-4-6-13(11)17/h3-6,9-10H,7-8H2,1-2H3,(H,19,21)(H,22,23). The number of aromatic nitrogens is 2. The molecular weight excluding hydrogens is 362 g/mol. The summed E-state index contributed by atoms with van der Waals surface area (Å²) in [5.74, 6) is -1.14. The van der Waals surface area contributed by atoms with Crippen LogP contribution in [0.1, 0.15) is 25.8 Å². The van der Waals surface area contributed by atoms with E-state index in [1.54, 1.807) is 13.8 Å². The summed E-state index contributed by atoms with van der Waals surface area (Å²) < 4.78 is 2.29. The number of carboxylic acid groups (broad SMARTS) is 1. The number of nitrogens with zero attached hydrogens (tertiary/aromatic N) is 2. The van der Waals surface area contributed by atoms with Gasteiger partial charge in [0.2, 0.25) is 5.91 Å². The van der Waals surface area contributed by atoms with Gasteiger partial charge in [-0.2, -0.15) is 5.10 Å². The molecule has 0 saturated carbocycles. The zero-order valence-corrected chi connectivity index (χ0v) is 14.5. The number of amides is 1. The first-order chi connectivity index (χ1) is 10.8. The summed E-state index contributed by atoms with van der Waals surface area (Å²) >= 11 is 3.45. The normalized spacial score (nSPS) is 11.3. The van der Waals surface area contributed by atoms with Crippen LogP contribution >= 0.6 is 15.9 Å². The minimum absolute atomic E-state index is 0.145. The van der Waals surface area contributed by atoms with Crippen LogP contribution in [0.5, 0.6) is 0 Å². The molecule has 122 valence electrons. The Balaban J connectivity index is 1.95. The van der Waals surface area contributed by atoms with E-state index in [2.05, 4.69) is 26.3 Å². The second-order valence-corrected chi connectivity index (χ2v) is 6.53. The molecule has 7 heteroatoms. The number of anilines is 1. The summed E-state index contributed by atoms with van der Waals surface area (Å²) in [5, 5.41) is 15.9. The zero-order valence-electron chi connectivity index (χ0n) is 12.9. The first-order valence-corrected chi connectivity index (χ1v) is 7.92. The molecule has 0 radical (unpaired) electrons. The highest BCUT2D eigenvalue weighted by atomic mass is 79.9. The Bertz CT molecular complexity index is 725. The lowest BCUT2D eigenvalue weighted by Gasteiger charge is -2.19. The molecule has 0 spiro atoms. The van der Waals surface area contributed by atoms with Crippen molar-refractivity contribution in [1.82, 2.24) is 9.78 Å². The minimum atomic E-state index is -1.17. The lowest BCUT2D eigenvalue weighted by Crippen LogP contribution is -2.35. The summed E-state index contributed by atoms with van der Waals surface area (Å²) in [6.45, 7) is 3.09. The second kappa shape index (κ2) is 6.95. The number of carboxylic acids is 1. The van der Waals surface area contributed by atoms with Crippen molar-refractivity contribution in [2.45, 2.75) is 32.2 Å². The Hall–Kier alpha value is -2.15. The van der Waals surface area contributed by atoms with E-state index in [4.69, 9.17) is 5.11 Å². The molecule has 1 heterocycles. The third kappa shape index (κ3) is 4.19. The van der Waals surface area contributed by atoms with Gasteiger partial charge in [-0.05, 0) is 31.9 Å². The fourth-order valence-electron chi connectivity index (χ4n) is 1.96. The molecule has 0 atom stereocenters. The molecule has 0 fully saturated rings. The maximum Gasteiger partial charge on any atom is 0.331 e. The van der Waals surface area contributed by atoms with Crippen molar-refractivity contribution < 1.29 is 14.7 Å². The number of hydrogen-bond donors (Lipinski definition) is 2. The molecule has 0 aliphatic carbocycles. The van der Waals surface area contributed by atoms with Gasteiger partial charge in [-0.3, -0.25) is 9.48 Å². The van der Waals surface area contributed by atoms with Crippen LogP contribution in [-0.4, -0.2) is 26.8 Å².